The van der Waals surface area contributed by atoms with Crippen LogP contribution in [0.5, 0.6) is 5.75 Å². The number of aryl methyl sites for hydroxylation is 1. The summed E-state index contributed by atoms with van der Waals surface area (Å²) in [6.45, 7) is 3.81. The average Bonchev–Trinajstić information content (AvgIpc) is 3.05. The number of nitrogens with two attached hydrogens (primary N) is 1. The molecule has 2 unspecified atom stereocenters. The summed E-state index contributed by atoms with van der Waals surface area (Å²) in [6.07, 6.45) is 2.69. The van der Waals surface area contributed by atoms with E-state index in [1.807, 2.05) is 32.0 Å². The molecule has 4 N–H and O–H groups in total. The Morgan fingerprint density at radius 2 is 2.00 bits per heavy atom. The number of aromatic nitrogens is 1. The van der Waals surface area contributed by atoms with Gasteiger partial charge in [-0.1, -0.05) is 18.2 Å². The fraction of sp³-hybridized carbons (Fsp3) is 0.316. The Labute approximate surface area is 152 Å². The molecule has 7 heteroatoms. The minimum absolute atomic E-state index is 0.111. The van der Waals surface area contributed by atoms with Gasteiger partial charge in [-0.25, -0.2) is 0 Å². The number of hydrogen-bond donors (Lipinski definition) is 3. The predicted octanol–water partition coefficient (Wildman–Crippen LogP) is 2.39. The third-order valence-corrected chi connectivity index (χ3v) is 3.92. The van der Waals surface area contributed by atoms with E-state index in [1.165, 1.54) is 12.3 Å². The largest absolute Gasteiger partial charge is 0.508 e. The van der Waals surface area contributed by atoms with Crippen LogP contribution < -0.4 is 11.1 Å². The lowest BCUT2D eigenvalue weighted by Gasteiger charge is -2.11. The lowest BCUT2D eigenvalue weighted by Crippen LogP contribution is -2.28. The SMILES string of the molecule is CC1CCC(C(=O)Nc2ccnc(C(N)=O)c2)O1.Cc1ccccc1O. The molecule has 1 aromatic heterocycles. The van der Waals surface area contributed by atoms with Crippen LogP contribution >= 0.6 is 0 Å². The van der Waals surface area contributed by atoms with E-state index in [9.17, 15) is 9.59 Å². The molecule has 2 heterocycles. The summed E-state index contributed by atoms with van der Waals surface area (Å²) in [5.41, 5.74) is 6.65. The number of aromatic hydroxyl groups is 1. The number of rotatable bonds is 3. The number of carbonyl (C=O) groups is 2. The highest BCUT2D eigenvalue weighted by Gasteiger charge is 2.28. The Bertz CT molecular complexity index is 758. The van der Waals surface area contributed by atoms with Crippen molar-refractivity contribution in [1.82, 2.24) is 4.98 Å². The van der Waals surface area contributed by atoms with Crippen LogP contribution in [-0.4, -0.2) is 34.1 Å². The summed E-state index contributed by atoms with van der Waals surface area (Å²) in [7, 11) is 0. The lowest BCUT2D eigenvalue weighted by molar-refractivity contribution is -0.126. The molecule has 0 bridgehead atoms. The van der Waals surface area contributed by atoms with Crippen molar-refractivity contribution in [1.29, 1.82) is 0 Å². The molecule has 1 saturated heterocycles. The standard InChI is InChI=1S/C12H15N3O3.C7H8O/c1-7-2-3-10(18-7)12(17)15-8-4-5-14-9(6-8)11(13)16;1-6-4-2-3-5-7(6)8/h4-7,10H,2-3H2,1H3,(H2,13,16)(H,14,15,17);2-5,8H,1H3. The summed E-state index contributed by atoms with van der Waals surface area (Å²) in [5, 5.41) is 11.6. The maximum atomic E-state index is 11.9. The molecule has 1 aromatic carbocycles. The van der Waals surface area contributed by atoms with Gasteiger partial charge in [0.2, 0.25) is 0 Å². The highest BCUT2D eigenvalue weighted by Crippen LogP contribution is 2.20. The summed E-state index contributed by atoms with van der Waals surface area (Å²) in [5.74, 6) is -0.467. The molecule has 0 aliphatic carbocycles. The fourth-order valence-electron chi connectivity index (χ4n) is 2.42. The number of hydrogen-bond acceptors (Lipinski definition) is 5. The van der Waals surface area contributed by atoms with Crippen molar-refractivity contribution in [2.24, 2.45) is 5.73 Å². The number of primary amides is 1. The zero-order valence-corrected chi connectivity index (χ0v) is 14.8. The van der Waals surface area contributed by atoms with Crippen LogP contribution in [0, 0.1) is 6.92 Å². The van der Waals surface area contributed by atoms with Crippen molar-refractivity contribution >= 4 is 17.5 Å². The van der Waals surface area contributed by atoms with Gasteiger partial charge in [-0.2, -0.15) is 0 Å². The van der Waals surface area contributed by atoms with E-state index >= 15 is 0 Å². The quantitative estimate of drug-likeness (QED) is 0.780. The molecule has 1 aliphatic heterocycles. The third kappa shape index (κ3) is 5.56. The van der Waals surface area contributed by atoms with Gasteiger partial charge in [0.05, 0.1) is 6.10 Å². The van der Waals surface area contributed by atoms with Crippen LogP contribution in [-0.2, 0) is 9.53 Å². The van der Waals surface area contributed by atoms with Gasteiger partial charge in [-0.05, 0) is 50.5 Å². The molecule has 1 fully saturated rings. The number of nitrogens with one attached hydrogen (secondary N) is 1. The van der Waals surface area contributed by atoms with Crippen LogP contribution in [0.25, 0.3) is 0 Å². The molecule has 138 valence electrons. The Morgan fingerprint density at radius 1 is 1.27 bits per heavy atom. The number of para-hydroxylation sites is 1. The van der Waals surface area contributed by atoms with E-state index in [-0.39, 0.29) is 17.7 Å². The Morgan fingerprint density at radius 3 is 2.54 bits per heavy atom. The summed E-state index contributed by atoms with van der Waals surface area (Å²) >= 11 is 0. The van der Waals surface area contributed by atoms with Crippen molar-refractivity contribution in [3.05, 3.63) is 53.9 Å². The number of carbonyl (C=O) groups excluding carboxylic acids is 2. The second-order valence-corrected chi connectivity index (χ2v) is 6.08. The van der Waals surface area contributed by atoms with Gasteiger partial charge in [0.1, 0.15) is 17.5 Å². The zero-order valence-electron chi connectivity index (χ0n) is 14.8. The van der Waals surface area contributed by atoms with E-state index in [0.29, 0.717) is 17.9 Å². The molecular formula is C19H23N3O4. The highest BCUT2D eigenvalue weighted by atomic mass is 16.5. The first-order valence-electron chi connectivity index (χ1n) is 8.33. The Hall–Kier alpha value is -2.93. The normalized spacial score (nSPS) is 18.5. The first-order chi connectivity index (χ1) is 12.4. The first kappa shape index (κ1) is 19.4. The zero-order chi connectivity index (χ0) is 19.1. The van der Waals surface area contributed by atoms with Gasteiger partial charge in [0.25, 0.3) is 11.8 Å². The van der Waals surface area contributed by atoms with Crippen LogP contribution in [0.3, 0.4) is 0 Å². The van der Waals surface area contributed by atoms with Crippen LogP contribution in [0.1, 0.15) is 35.8 Å². The molecule has 3 rings (SSSR count). The smallest absolute Gasteiger partial charge is 0.267 e. The maximum Gasteiger partial charge on any atom is 0.267 e. The number of phenolic OH excluding ortho intramolecular Hbond substituents is 1. The van der Waals surface area contributed by atoms with E-state index in [1.54, 1.807) is 12.1 Å². The van der Waals surface area contributed by atoms with Crippen LogP contribution in [0.2, 0.25) is 0 Å². The van der Waals surface area contributed by atoms with Gasteiger partial charge in [-0.3, -0.25) is 14.6 Å². The monoisotopic (exact) mass is 357 g/mol. The van der Waals surface area contributed by atoms with Crippen molar-refractivity contribution in [3.8, 4) is 5.75 Å². The van der Waals surface area contributed by atoms with Gasteiger partial charge < -0.3 is 20.9 Å². The summed E-state index contributed by atoms with van der Waals surface area (Å²) < 4.78 is 5.45. The maximum absolute atomic E-state index is 11.9. The second kappa shape index (κ2) is 8.96. The molecule has 0 radical (unpaired) electrons. The molecule has 26 heavy (non-hydrogen) atoms. The van der Waals surface area contributed by atoms with Gasteiger partial charge >= 0.3 is 0 Å². The first-order valence-corrected chi connectivity index (χ1v) is 8.33. The van der Waals surface area contributed by atoms with Gasteiger partial charge in [0, 0.05) is 11.9 Å². The molecule has 0 spiro atoms. The molecule has 2 atom stereocenters. The van der Waals surface area contributed by atoms with Crippen LogP contribution in [0.4, 0.5) is 5.69 Å². The Kier molecular flexibility index (Phi) is 6.68. The number of benzene rings is 1. The van der Waals surface area contributed by atoms with E-state index in [4.69, 9.17) is 15.6 Å². The molecule has 1 aliphatic rings. The van der Waals surface area contributed by atoms with Crippen LogP contribution in [0.15, 0.2) is 42.6 Å². The number of phenols is 1. The third-order valence-electron chi connectivity index (χ3n) is 3.92. The number of amides is 2. The minimum Gasteiger partial charge on any atom is -0.508 e. The van der Waals surface area contributed by atoms with E-state index in [2.05, 4.69) is 10.3 Å². The van der Waals surface area contributed by atoms with Crippen molar-refractivity contribution in [3.63, 3.8) is 0 Å². The average molecular weight is 357 g/mol. The topological polar surface area (TPSA) is 115 Å². The molecule has 2 amide bonds. The van der Waals surface area contributed by atoms with Crippen molar-refractivity contribution < 1.29 is 19.4 Å². The molecule has 2 aromatic rings. The van der Waals surface area contributed by atoms with Crippen molar-refractivity contribution in [2.75, 3.05) is 5.32 Å². The predicted molar refractivity (Wildman–Crippen MR) is 97.8 cm³/mol. The summed E-state index contributed by atoms with van der Waals surface area (Å²) in [6, 6.07) is 10.3. The van der Waals surface area contributed by atoms with Crippen molar-refractivity contribution in [2.45, 2.75) is 38.9 Å². The summed E-state index contributed by atoms with van der Waals surface area (Å²) in [4.78, 5) is 26.6. The number of pyridine rings is 1. The lowest BCUT2D eigenvalue weighted by atomic mass is 10.2. The highest BCUT2D eigenvalue weighted by molar-refractivity contribution is 5.96. The molecular weight excluding hydrogens is 334 g/mol. The van der Waals surface area contributed by atoms with Gasteiger partial charge in [-0.15, -0.1) is 0 Å². The molecule has 7 nitrogen and oxygen atoms in total. The number of anilines is 1. The second-order valence-electron chi connectivity index (χ2n) is 6.08. The van der Waals surface area contributed by atoms with E-state index < -0.39 is 12.0 Å². The van der Waals surface area contributed by atoms with E-state index in [0.717, 1.165) is 12.0 Å². The number of ether oxygens (including phenoxy) is 1. The number of nitrogens with zero attached hydrogens (tertiary/aromatic N) is 1. The minimum atomic E-state index is -0.628. The molecule has 0 saturated carbocycles. The van der Waals surface area contributed by atoms with Gasteiger partial charge in [0.15, 0.2) is 0 Å². The fourth-order valence-corrected chi connectivity index (χ4v) is 2.42. The Balaban J connectivity index is 0.000000254.